The molecule has 0 atom stereocenters. The van der Waals surface area contributed by atoms with Crippen LogP contribution in [0.2, 0.25) is 0 Å². The molecule has 7 heteroatoms. The van der Waals surface area contributed by atoms with Crippen molar-refractivity contribution >= 4 is 28.9 Å². The topological polar surface area (TPSA) is 72.9 Å². The second-order valence-electron chi connectivity index (χ2n) is 4.92. The SMILES string of the molecule is Cc1nn(C)c2c1nc(SCC(=O)O)n2C1CC=CC1. The lowest BCUT2D eigenvalue weighted by atomic mass is 10.2. The van der Waals surface area contributed by atoms with Crippen molar-refractivity contribution in [2.24, 2.45) is 7.05 Å². The van der Waals surface area contributed by atoms with Crippen LogP contribution in [0.4, 0.5) is 0 Å². The number of nitrogens with zero attached hydrogens (tertiary/aromatic N) is 4. The van der Waals surface area contributed by atoms with E-state index in [1.807, 2.05) is 18.7 Å². The first kappa shape index (κ1) is 13.2. The standard InChI is InChI=1S/C13H16N4O2S/c1-8-11-12(16(2)15-8)17(9-5-3-4-6-9)13(14-11)20-7-10(18)19/h3-4,9H,5-7H2,1-2H3,(H,18,19). The van der Waals surface area contributed by atoms with Crippen molar-refractivity contribution in [3.05, 3.63) is 17.8 Å². The number of carbonyl (C=O) groups is 1. The predicted octanol–water partition coefficient (Wildman–Crippen LogP) is 2.15. The molecule has 0 aromatic carbocycles. The van der Waals surface area contributed by atoms with Gasteiger partial charge < -0.3 is 9.67 Å². The molecule has 2 aromatic heterocycles. The number of thioether (sulfide) groups is 1. The second kappa shape index (κ2) is 4.97. The summed E-state index contributed by atoms with van der Waals surface area (Å²) in [6.07, 6.45) is 6.23. The van der Waals surface area contributed by atoms with Gasteiger partial charge in [0.2, 0.25) is 0 Å². The summed E-state index contributed by atoms with van der Waals surface area (Å²) in [7, 11) is 1.90. The van der Waals surface area contributed by atoms with E-state index in [0.717, 1.165) is 34.9 Å². The van der Waals surface area contributed by atoms with Crippen LogP contribution >= 0.6 is 11.8 Å². The first-order valence-electron chi connectivity index (χ1n) is 6.49. The molecule has 0 radical (unpaired) electrons. The average Bonchev–Trinajstić information content (AvgIpc) is 3.06. The van der Waals surface area contributed by atoms with Gasteiger partial charge in [0.15, 0.2) is 10.8 Å². The number of imidazole rings is 1. The van der Waals surface area contributed by atoms with Crippen molar-refractivity contribution in [2.45, 2.75) is 31.0 Å². The molecule has 0 amide bonds. The van der Waals surface area contributed by atoms with E-state index in [4.69, 9.17) is 5.11 Å². The van der Waals surface area contributed by atoms with E-state index in [9.17, 15) is 4.79 Å². The summed E-state index contributed by atoms with van der Waals surface area (Å²) in [5.41, 5.74) is 2.72. The molecule has 0 bridgehead atoms. The van der Waals surface area contributed by atoms with Crippen LogP contribution in [0.3, 0.4) is 0 Å². The Morgan fingerprint density at radius 3 is 2.85 bits per heavy atom. The summed E-state index contributed by atoms with van der Waals surface area (Å²) in [6, 6.07) is 0.311. The molecule has 0 fully saturated rings. The molecule has 0 spiro atoms. The summed E-state index contributed by atoms with van der Waals surface area (Å²) in [5.74, 6) is -0.802. The minimum absolute atomic E-state index is 0.0238. The Labute approximate surface area is 120 Å². The van der Waals surface area contributed by atoms with Gasteiger partial charge in [-0.2, -0.15) is 5.10 Å². The van der Waals surface area contributed by atoms with Gasteiger partial charge in [-0.15, -0.1) is 0 Å². The zero-order valence-electron chi connectivity index (χ0n) is 11.4. The van der Waals surface area contributed by atoms with Gasteiger partial charge in [0.05, 0.1) is 11.4 Å². The second-order valence-corrected chi connectivity index (χ2v) is 5.87. The molecule has 20 heavy (non-hydrogen) atoms. The highest BCUT2D eigenvalue weighted by molar-refractivity contribution is 7.99. The van der Waals surface area contributed by atoms with Crippen LogP contribution < -0.4 is 0 Å². The Kier molecular flexibility index (Phi) is 3.29. The van der Waals surface area contributed by atoms with Crippen LogP contribution in [0.25, 0.3) is 11.2 Å². The summed E-state index contributed by atoms with van der Waals surface area (Å²) in [5, 5.41) is 14.1. The van der Waals surface area contributed by atoms with Crippen LogP contribution in [0.15, 0.2) is 17.3 Å². The van der Waals surface area contributed by atoms with E-state index in [1.54, 1.807) is 0 Å². The first-order valence-corrected chi connectivity index (χ1v) is 7.47. The van der Waals surface area contributed by atoms with Gasteiger partial charge in [-0.25, -0.2) is 4.98 Å². The van der Waals surface area contributed by atoms with Crippen LogP contribution in [0.1, 0.15) is 24.6 Å². The van der Waals surface area contributed by atoms with Crippen LogP contribution in [-0.2, 0) is 11.8 Å². The zero-order valence-corrected chi connectivity index (χ0v) is 12.2. The third-order valence-corrected chi connectivity index (χ3v) is 4.41. The Bertz CT molecular complexity index is 693. The monoisotopic (exact) mass is 292 g/mol. The van der Waals surface area contributed by atoms with Gasteiger partial charge in [0.1, 0.15) is 5.52 Å². The zero-order chi connectivity index (χ0) is 14.3. The average molecular weight is 292 g/mol. The number of fused-ring (bicyclic) bond motifs is 1. The van der Waals surface area contributed by atoms with E-state index < -0.39 is 5.97 Å². The number of aliphatic carboxylic acids is 1. The minimum Gasteiger partial charge on any atom is -0.481 e. The van der Waals surface area contributed by atoms with Gasteiger partial charge in [-0.1, -0.05) is 23.9 Å². The molecule has 1 aliphatic rings. The molecule has 106 valence electrons. The maximum Gasteiger partial charge on any atom is 0.313 e. The minimum atomic E-state index is -0.826. The summed E-state index contributed by atoms with van der Waals surface area (Å²) in [4.78, 5) is 15.4. The molecule has 2 heterocycles. The highest BCUT2D eigenvalue weighted by Crippen LogP contribution is 2.34. The fraction of sp³-hybridized carbons (Fsp3) is 0.462. The Balaban J connectivity index is 2.09. The van der Waals surface area contributed by atoms with E-state index in [0.29, 0.717) is 6.04 Å². The molecule has 6 nitrogen and oxygen atoms in total. The number of carboxylic acids is 1. The largest absolute Gasteiger partial charge is 0.481 e. The lowest BCUT2D eigenvalue weighted by Gasteiger charge is -2.15. The fourth-order valence-corrected chi connectivity index (χ4v) is 3.43. The molecule has 0 aliphatic heterocycles. The van der Waals surface area contributed by atoms with Crippen LogP contribution in [0.5, 0.6) is 0 Å². The van der Waals surface area contributed by atoms with Crippen LogP contribution in [0, 0.1) is 6.92 Å². The molecule has 1 aliphatic carbocycles. The van der Waals surface area contributed by atoms with Crippen LogP contribution in [-0.4, -0.2) is 36.2 Å². The number of allylic oxidation sites excluding steroid dienone is 2. The Morgan fingerprint density at radius 1 is 1.50 bits per heavy atom. The maximum atomic E-state index is 10.8. The van der Waals surface area contributed by atoms with Gasteiger partial charge in [-0.3, -0.25) is 9.48 Å². The number of rotatable bonds is 4. The van der Waals surface area contributed by atoms with Crippen molar-refractivity contribution in [3.8, 4) is 0 Å². The number of aromatic nitrogens is 4. The number of hydrogen-bond acceptors (Lipinski definition) is 4. The van der Waals surface area contributed by atoms with Crippen molar-refractivity contribution in [1.29, 1.82) is 0 Å². The summed E-state index contributed by atoms with van der Waals surface area (Å²) in [6.45, 7) is 1.93. The fourth-order valence-electron chi connectivity index (χ4n) is 2.65. The number of hydrogen-bond donors (Lipinski definition) is 1. The molecule has 0 saturated heterocycles. The summed E-state index contributed by atoms with van der Waals surface area (Å²) < 4.78 is 3.98. The van der Waals surface area contributed by atoms with Gasteiger partial charge >= 0.3 is 5.97 Å². The van der Waals surface area contributed by atoms with Crippen molar-refractivity contribution in [1.82, 2.24) is 19.3 Å². The third-order valence-electron chi connectivity index (χ3n) is 3.48. The highest BCUT2D eigenvalue weighted by atomic mass is 32.2. The third kappa shape index (κ3) is 2.11. The molecule has 0 saturated carbocycles. The van der Waals surface area contributed by atoms with Gasteiger partial charge in [-0.05, 0) is 19.8 Å². The lowest BCUT2D eigenvalue weighted by molar-refractivity contribution is -0.133. The normalized spacial score (nSPS) is 15.5. The number of carboxylic acid groups (broad SMARTS) is 1. The summed E-state index contributed by atoms with van der Waals surface area (Å²) >= 11 is 1.27. The molecule has 3 rings (SSSR count). The Morgan fingerprint density at radius 2 is 2.20 bits per heavy atom. The van der Waals surface area contributed by atoms with E-state index in [-0.39, 0.29) is 5.75 Å². The van der Waals surface area contributed by atoms with Gasteiger partial charge in [0, 0.05) is 13.1 Å². The Hall–Kier alpha value is -1.76. The van der Waals surface area contributed by atoms with Crippen molar-refractivity contribution in [2.75, 3.05) is 5.75 Å². The van der Waals surface area contributed by atoms with Crippen molar-refractivity contribution < 1.29 is 9.90 Å². The van der Waals surface area contributed by atoms with E-state index in [2.05, 4.69) is 26.8 Å². The number of aryl methyl sites for hydroxylation is 2. The molecular formula is C13H16N4O2S. The van der Waals surface area contributed by atoms with Crippen molar-refractivity contribution in [3.63, 3.8) is 0 Å². The quantitative estimate of drug-likeness (QED) is 0.690. The maximum absolute atomic E-state index is 10.8. The lowest BCUT2D eigenvalue weighted by Crippen LogP contribution is -2.10. The van der Waals surface area contributed by atoms with E-state index >= 15 is 0 Å². The highest BCUT2D eigenvalue weighted by Gasteiger charge is 2.24. The molecule has 2 aromatic rings. The molecule has 1 N–H and O–H groups in total. The molecular weight excluding hydrogens is 276 g/mol. The molecule has 0 unspecified atom stereocenters. The smallest absolute Gasteiger partial charge is 0.313 e. The first-order chi connectivity index (χ1) is 9.58. The predicted molar refractivity (Wildman–Crippen MR) is 77.0 cm³/mol. The van der Waals surface area contributed by atoms with Gasteiger partial charge in [0.25, 0.3) is 0 Å². The van der Waals surface area contributed by atoms with E-state index in [1.165, 1.54) is 11.8 Å².